The van der Waals surface area contributed by atoms with Gasteiger partial charge in [-0.25, -0.2) is 13.2 Å². The zero-order valence-corrected chi connectivity index (χ0v) is 13.3. The molecule has 0 bridgehead atoms. The van der Waals surface area contributed by atoms with E-state index in [-0.39, 0.29) is 6.61 Å². The summed E-state index contributed by atoms with van der Waals surface area (Å²) in [6.45, 7) is -0.190. The van der Waals surface area contributed by atoms with Gasteiger partial charge in [-0.3, -0.25) is 0 Å². The van der Waals surface area contributed by atoms with Crippen LogP contribution < -0.4 is 0 Å². The van der Waals surface area contributed by atoms with Crippen molar-refractivity contribution in [1.29, 1.82) is 0 Å². The highest BCUT2D eigenvalue weighted by atomic mass is 32.2. The number of alkyl halides is 3. The van der Waals surface area contributed by atoms with Crippen LogP contribution in [-0.4, -0.2) is 20.6 Å². The molecule has 2 rings (SSSR count). The van der Waals surface area contributed by atoms with E-state index >= 15 is 0 Å². The number of benzene rings is 2. The molecule has 0 aliphatic carbocycles. The molecule has 0 N–H and O–H groups in total. The molecule has 0 saturated carbocycles. The van der Waals surface area contributed by atoms with Crippen LogP contribution in [0, 0.1) is 0 Å². The highest BCUT2D eigenvalue weighted by Gasteiger charge is 2.36. The van der Waals surface area contributed by atoms with E-state index in [9.17, 15) is 26.4 Å². The molecule has 8 heteroatoms. The average Bonchev–Trinajstić information content (AvgIpc) is 2.51. The van der Waals surface area contributed by atoms with E-state index < -0.39 is 38.0 Å². The fourth-order valence-electron chi connectivity index (χ4n) is 1.97. The quantitative estimate of drug-likeness (QED) is 0.786. The minimum absolute atomic E-state index is 0.190. The molecular weight excluding hydrogens is 345 g/mol. The molecule has 128 valence electrons. The molecule has 2 aromatic rings. The van der Waals surface area contributed by atoms with Crippen LogP contribution in [0.2, 0.25) is 0 Å². The summed E-state index contributed by atoms with van der Waals surface area (Å²) >= 11 is 0. The maximum atomic E-state index is 13.1. The number of carbonyl (C=O) groups excluding carboxylic acids is 1. The Bertz CT molecular complexity index is 843. The van der Waals surface area contributed by atoms with Crippen molar-refractivity contribution in [2.45, 2.75) is 17.7 Å². The van der Waals surface area contributed by atoms with Gasteiger partial charge in [0.1, 0.15) is 6.61 Å². The van der Waals surface area contributed by atoms with Gasteiger partial charge < -0.3 is 4.74 Å². The molecule has 0 unspecified atom stereocenters. The van der Waals surface area contributed by atoms with E-state index in [4.69, 9.17) is 4.74 Å². The molecular formula is C16H13F3O4S. The lowest BCUT2D eigenvalue weighted by molar-refractivity contribution is -0.138. The van der Waals surface area contributed by atoms with Gasteiger partial charge in [0.05, 0.1) is 16.0 Å². The first-order chi connectivity index (χ1) is 11.1. The Balaban J connectivity index is 2.33. The molecule has 0 aliphatic heterocycles. The molecule has 4 nitrogen and oxygen atoms in total. The van der Waals surface area contributed by atoms with Crippen LogP contribution in [0.15, 0.2) is 53.4 Å². The Labute approximate surface area is 136 Å². The monoisotopic (exact) mass is 358 g/mol. The summed E-state index contributed by atoms with van der Waals surface area (Å²) in [5.74, 6) is -1.17. The summed E-state index contributed by atoms with van der Waals surface area (Å²) in [4.78, 5) is 11.5. The third-order valence-corrected chi connectivity index (χ3v) is 4.27. The largest absolute Gasteiger partial charge is 0.457 e. The SMILES string of the molecule is CS(=O)(=O)c1ccc(C(=O)OCc2ccccc2)c(C(F)(F)F)c1. The Kier molecular flexibility index (Phi) is 4.98. The Morgan fingerprint density at radius 3 is 2.25 bits per heavy atom. The van der Waals surface area contributed by atoms with E-state index in [1.54, 1.807) is 30.3 Å². The van der Waals surface area contributed by atoms with E-state index in [1.165, 1.54) is 0 Å². The number of sulfone groups is 1. The third kappa shape index (κ3) is 4.35. The molecule has 0 aromatic heterocycles. The number of hydrogen-bond donors (Lipinski definition) is 0. The summed E-state index contributed by atoms with van der Waals surface area (Å²) in [6, 6.07) is 10.7. The number of hydrogen-bond acceptors (Lipinski definition) is 4. The van der Waals surface area contributed by atoms with Gasteiger partial charge in [-0.05, 0) is 23.8 Å². The fourth-order valence-corrected chi connectivity index (χ4v) is 2.61. The molecule has 2 aromatic carbocycles. The summed E-state index contributed by atoms with van der Waals surface area (Å²) in [5.41, 5.74) is -1.46. The molecule has 0 aliphatic rings. The van der Waals surface area contributed by atoms with Crippen molar-refractivity contribution in [3.05, 3.63) is 65.2 Å². The van der Waals surface area contributed by atoms with Gasteiger partial charge in [0.2, 0.25) is 0 Å². The normalized spacial score (nSPS) is 12.0. The number of carbonyl (C=O) groups is 1. The van der Waals surface area contributed by atoms with Gasteiger partial charge in [-0.15, -0.1) is 0 Å². The summed E-state index contributed by atoms with van der Waals surface area (Å²) in [5, 5.41) is 0. The maximum Gasteiger partial charge on any atom is 0.417 e. The first-order valence-corrected chi connectivity index (χ1v) is 8.60. The van der Waals surface area contributed by atoms with Crippen LogP contribution >= 0.6 is 0 Å². The lowest BCUT2D eigenvalue weighted by Gasteiger charge is -2.13. The van der Waals surface area contributed by atoms with Crippen molar-refractivity contribution in [2.75, 3.05) is 6.26 Å². The van der Waals surface area contributed by atoms with Crippen LogP contribution in [0.25, 0.3) is 0 Å². The summed E-state index contributed by atoms with van der Waals surface area (Å²) in [6.07, 6.45) is -4.10. The maximum absolute atomic E-state index is 13.1. The minimum Gasteiger partial charge on any atom is -0.457 e. The Morgan fingerprint density at radius 1 is 1.08 bits per heavy atom. The minimum atomic E-state index is -4.89. The molecule has 0 atom stereocenters. The topological polar surface area (TPSA) is 60.4 Å². The van der Waals surface area contributed by atoms with Crippen LogP contribution in [0.3, 0.4) is 0 Å². The summed E-state index contributed by atoms with van der Waals surface area (Å²) < 4.78 is 67.1. The van der Waals surface area contributed by atoms with Crippen molar-refractivity contribution in [3.63, 3.8) is 0 Å². The lowest BCUT2D eigenvalue weighted by Crippen LogP contribution is -2.16. The van der Waals surface area contributed by atoms with Crippen LogP contribution in [0.4, 0.5) is 13.2 Å². The second kappa shape index (κ2) is 6.64. The van der Waals surface area contributed by atoms with Crippen LogP contribution in [-0.2, 0) is 27.4 Å². The first kappa shape index (κ1) is 18.0. The smallest absolute Gasteiger partial charge is 0.417 e. The number of halogens is 3. The molecule has 0 amide bonds. The van der Waals surface area contributed by atoms with E-state index in [0.717, 1.165) is 18.4 Å². The molecule has 0 fully saturated rings. The lowest BCUT2D eigenvalue weighted by atomic mass is 10.1. The van der Waals surface area contributed by atoms with E-state index in [1.807, 2.05) is 0 Å². The van der Waals surface area contributed by atoms with Gasteiger partial charge in [-0.1, -0.05) is 30.3 Å². The molecule has 0 spiro atoms. The predicted molar refractivity (Wildman–Crippen MR) is 80.1 cm³/mol. The molecule has 24 heavy (non-hydrogen) atoms. The molecule has 0 radical (unpaired) electrons. The predicted octanol–water partition coefficient (Wildman–Crippen LogP) is 3.47. The van der Waals surface area contributed by atoms with Gasteiger partial charge in [0.25, 0.3) is 0 Å². The zero-order chi connectivity index (χ0) is 18.0. The van der Waals surface area contributed by atoms with E-state index in [0.29, 0.717) is 11.6 Å². The van der Waals surface area contributed by atoms with Crippen molar-refractivity contribution < 1.29 is 31.1 Å². The van der Waals surface area contributed by atoms with Crippen molar-refractivity contribution in [3.8, 4) is 0 Å². The van der Waals surface area contributed by atoms with Gasteiger partial charge in [0.15, 0.2) is 9.84 Å². The number of esters is 1. The van der Waals surface area contributed by atoms with Gasteiger partial charge in [-0.2, -0.15) is 13.2 Å². The van der Waals surface area contributed by atoms with Crippen molar-refractivity contribution in [1.82, 2.24) is 0 Å². The second-order valence-electron chi connectivity index (χ2n) is 5.04. The van der Waals surface area contributed by atoms with Crippen molar-refractivity contribution in [2.24, 2.45) is 0 Å². The molecule has 0 saturated heterocycles. The molecule has 0 heterocycles. The standard InChI is InChI=1S/C16H13F3O4S/c1-24(21,22)12-7-8-13(14(9-12)16(17,18)19)15(20)23-10-11-5-3-2-4-6-11/h2-9H,10H2,1H3. The zero-order valence-electron chi connectivity index (χ0n) is 12.5. The van der Waals surface area contributed by atoms with Gasteiger partial charge in [0, 0.05) is 6.26 Å². The first-order valence-electron chi connectivity index (χ1n) is 6.71. The Morgan fingerprint density at radius 2 is 1.71 bits per heavy atom. The van der Waals surface area contributed by atoms with Crippen LogP contribution in [0.5, 0.6) is 0 Å². The number of ether oxygens (including phenoxy) is 1. The van der Waals surface area contributed by atoms with Gasteiger partial charge >= 0.3 is 12.1 Å². The number of rotatable bonds is 4. The van der Waals surface area contributed by atoms with Crippen LogP contribution in [0.1, 0.15) is 21.5 Å². The average molecular weight is 358 g/mol. The van der Waals surface area contributed by atoms with E-state index in [2.05, 4.69) is 0 Å². The van der Waals surface area contributed by atoms with Crippen molar-refractivity contribution >= 4 is 15.8 Å². The highest BCUT2D eigenvalue weighted by molar-refractivity contribution is 7.90. The third-order valence-electron chi connectivity index (χ3n) is 3.16. The fraction of sp³-hybridized carbons (Fsp3) is 0.188. The highest BCUT2D eigenvalue weighted by Crippen LogP contribution is 2.34. The second-order valence-corrected chi connectivity index (χ2v) is 7.05. The summed E-state index contributed by atoms with van der Waals surface area (Å²) in [7, 11) is -3.84. The Hall–Kier alpha value is -2.35.